The van der Waals surface area contributed by atoms with Crippen LogP contribution < -0.4 is 5.32 Å². The van der Waals surface area contributed by atoms with Crippen LogP contribution in [0.5, 0.6) is 0 Å². The quantitative estimate of drug-likeness (QED) is 0.828. The van der Waals surface area contributed by atoms with E-state index in [2.05, 4.69) is 41.3 Å². The fraction of sp³-hybridized carbons (Fsp3) is 0.706. The fourth-order valence-electron chi connectivity index (χ4n) is 3.30. The maximum Gasteiger partial charge on any atom is 0.0543 e. The highest BCUT2D eigenvalue weighted by Crippen LogP contribution is 2.30. The first-order valence-corrected chi connectivity index (χ1v) is 8.09. The van der Waals surface area contributed by atoms with Gasteiger partial charge in [0.2, 0.25) is 0 Å². The minimum Gasteiger partial charge on any atom is -0.314 e. The molecule has 3 heteroatoms. The number of nitrogens with zero attached hydrogens (tertiary/aromatic N) is 2. The van der Waals surface area contributed by atoms with Crippen LogP contribution in [0.3, 0.4) is 0 Å². The van der Waals surface area contributed by atoms with E-state index in [0.29, 0.717) is 5.54 Å². The first-order chi connectivity index (χ1) is 9.78. The number of nitrogens with one attached hydrogen (secondary N) is 1. The topological polar surface area (TPSA) is 28.2 Å². The Kier molecular flexibility index (Phi) is 5.99. The summed E-state index contributed by atoms with van der Waals surface area (Å²) in [6, 6.07) is 6.18. The van der Waals surface area contributed by atoms with Gasteiger partial charge in [0.15, 0.2) is 0 Å². The van der Waals surface area contributed by atoms with E-state index in [0.717, 1.165) is 19.6 Å². The molecule has 0 aromatic carbocycles. The normalized spacial score (nSPS) is 18.4. The molecule has 0 aliphatic heterocycles. The maximum atomic E-state index is 4.44. The van der Waals surface area contributed by atoms with Gasteiger partial charge in [0.05, 0.1) is 5.69 Å². The Labute approximate surface area is 123 Å². The van der Waals surface area contributed by atoms with Crippen molar-refractivity contribution in [3.8, 4) is 0 Å². The molecule has 1 aliphatic rings. The van der Waals surface area contributed by atoms with Gasteiger partial charge in [-0.25, -0.2) is 0 Å². The third-order valence-corrected chi connectivity index (χ3v) is 4.81. The van der Waals surface area contributed by atoms with Gasteiger partial charge < -0.3 is 5.32 Å². The summed E-state index contributed by atoms with van der Waals surface area (Å²) in [7, 11) is 2.14. The minimum absolute atomic E-state index is 0.385. The zero-order chi connectivity index (χ0) is 14.3. The summed E-state index contributed by atoms with van der Waals surface area (Å²) >= 11 is 0. The summed E-state index contributed by atoms with van der Waals surface area (Å²) in [4.78, 5) is 6.95. The molecule has 1 aromatic rings. The number of hydrogen-bond donors (Lipinski definition) is 1. The van der Waals surface area contributed by atoms with E-state index >= 15 is 0 Å². The van der Waals surface area contributed by atoms with Gasteiger partial charge in [-0.3, -0.25) is 9.88 Å². The molecular formula is C17H29N3. The van der Waals surface area contributed by atoms with Crippen LogP contribution in [0, 0.1) is 0 Å². The zero-order valence-electron chi connectivity index (χ0n) is 13.1. The molecule has 0 spiro atoms. The first kappa shape index (κ1) is 15.5. The van der Waals surface area contributed by atoms with Crippen LogP contribution in [0.2, 0.25) is 0 Å². The number of aromatic nitrogens is 1. The molecule has 0 bridgehead atoms. The van der Waals surface area contributed by atoms with Crippen molar-refractivity contribution in [3.05, 3.63) is 30.1 Å². The monoisotopic (exact) mass is 275 g/mol. The standard InChI is InChI=1S/C17H29N3/c1-3-20(15-16-9-5-8-13-19-16)14-12-17(18-2)10-6-4-7-11-17/h5,8-9,13,18H,3-4,6-7,10-12,14-15H2,1-2H3. The summed E-state index contributed by atoms with van der Waals surface area (Å²) in [5, 5.41) is 3.62. The smallest absolute Gasteiger partial charge is 0.0543 e. The summed E-state index contributed by atoms with van der Waals surface area (Å²) in [6.45, 7) is 5.47. The third-order valence-electron chi connectivity index (χ3n) is 4.81. The molecule has 1 saturated carbocycles. The average Bonchev–Trinajstić information content (AvgIpc) is 2.53. The van der Waals surface area contributed by atoms with Crippen molar-refractivity contribution in [2.45, 2.75) is 57.5 Å². The molecule has 0 saturated heterocycles. The predicted octanol–water partition coefficient (Wildman–Crippen LogP) is 3.22. The third kappa shape index (κ3) is 4.29. The van der Waals surface area contributed by atoms with Crippen molar-refractivity contribution in [3.63, 3.8) is 0 Å². The highest BCUT2D eigenvalue weighted by molar-refractivity contribution is 5.03. The fourth-order valence-corrected chi connectivity index (χ4v) is 3.30. The molecule has 3 nitrogen and oxygen atoms in total. The summed E-state index contributed by atoms with van der Waals surface area (Å²) in [5.41, 5.74) is 1.56. The van der Waals surface area contributed by atoms with Crippen LogP contribution in [0.1, 0.15) is 51.1 Å². The number of rotatable bonds is 7. The Hall–Kier alpha value is -0.930. The van der Waals surface area contributed by atoms with Crippen LogP contribution in [-0.2, 0) is 6.54 Å². The molecule has 0 unspecified atom stereocenters. The van der Waals surface area contributed by atoms with Gasteiger partial charge in [-0.15, -0.1) is 0 Å². The van der Waals surface area contributed by atoms with E-state index in [-0.39, 0.29) is 0 Å². The van der Waals surface area contributed by atoms with Crippen molar-refractivity contribution in [1.82, 2.24) is 15.2 Å². The van der Waals surface area contributed by atoms with Crippen LogP contribution in [0.25, 0.3) is 0 Å². The maximum absolute atomic E-state index is 4.44. The van der Waals surface area contributed by atoms with Crippen molar-refractivity contribution in [2.24, 2.45) is 0 Å². The number of hydrogen-bond acceptors (Lipinski definition) is 3. The molecule has 0 amide bonds. The lowest BCUT2D eigenvalue weighted by molar-refractivity contribution is 0.181. The lowest BCUT2D eigenvalue weighted by Gasteiger charge is -2.38. The van der Waals surface area contributed by atoms with Crippen molar-refractivity contribution < 1.29 is 0 Å². The second-order valence-corrected chi connectivity index (χ2v) is 6.03. The van der Waals surface area contributed by atoms with Gasteiger partial charge in [0.25, 0.3) is 0 Å². The van der Waals surface area contributed by atoms with Gasteiger partial charge in [0, 0.05) is 24.8 Å². The molecule has 1 aliphatic carbocycles. The molecule has 20 heavy (non-hydrogen) atoms. The molecule has 1 heterocycles. The Morgan fingerprint density at radius 2 is 2.05 bits per heavy atom. The predicted molar refractivity (Wildman–Crippen MR) is 84.7 cm³/mol. The van der Waals surface area contributed by atoms with E-state index in [1.54, 1.807) is 0 Å². The van der Waals surface area contributed by atoms with Gasteiger partial charge >= 0.3 is 0 Å². The SMILES string of the molecule is CCN(CCC1(NC)CCCCC1)Cc1ccccn1. The molecule has 1 aromatic heterocycles. The Morgan fingerprint density at radius 1 is 1.25 bits per heavy atom. The first-order valence-electron chi connectivity index (χ1n) is 8.09. The molecule has 112 valence electrons. The Morgan fingerprint density at radius 3 is 2.65 bits per heavy atom. The second-order valence-electron chi connectivity index (χ2n) is 6.03. The van der Waals surface area contributed by atoms with Gasteiger partial charge in [-0.1, -0.05) is 32.3 Å². The van der Waals surface area contributed by atoms with Gasteiger partial charge in [-0.2, -0.15) is 0 Å². The molecule has 1 N–H and O–H groups in total. The van der Waals surface area contributed by atoms with Crippen LogP contribution in [0.4, 0.5) is 0 Å². The number of pyridine rings is 1. The van der Waals surface area contributed by atoms with E-state index in [1.807, 2.05) is 12.3 Å². The Bertz CT molecular complexity index is 371. The van der Waals surface area contributed by atoms with E-state index in [1.165, 1.54) is 44.2 Å². The largest absolute Gasteiger partial charge is 0.314 e. The summed E-state index contributed by atoms with van der Waals surface area (Å²) < 4.78 is 0. The Balaban J connectivity index is 1.86. The molecule has 1 fully saturated rings. The molecule has 0 radical (unpaired) electrons. The summed E-state index contributed by atoms with van der Waals surface area (Å²) in [6.07, 6.45) is 9.99. The van der Waals surface area contributed by atoms with Crippen molar-refractivity contribution in [1.29, 1.82) is 0 Å². The zero-order valence-corrected chi connectivity index (χ0v) is 13.1. The lowest BCUT2D eigenvalue weighted by Crippen LogP contribution is -2.47. The summed E-state index contributed by atoms with van der Waals surface area (Å²) in [5.74, 6) is 0. The van der Waals surface area contributed by atoms with Crippen molar-refractivity contribution >= 4 is 0 Å². The average molecular weight is 275 g/mol. The van der Waals surface area contributed by atoms with Gasteiger partial charge in [-0.05, 0) is 45.0 Å². The van der Waals surface area contributed by atoms with E-state index in [9.17, 15) is 0 Å². The van der Waals surface area contributed by atoms with Crippen LogP contribution >= 0.6 is 0 Å². The molecule has 2 rings (SSSR count). The van der Waals surface area contributed by atoms with Gasteiger partial charge in [0.1, 0.15) is 0 Å². The van der Waals surface area contributed by atoms with Crippen molar-refractivity contribution in [2.75, 3.05) is 20.1 Å². The molecule has 0 atom stereocenters. The highest BCUT2D eigenvalue weighted by Gasteiger charge is 2.30. The highest BCUT2D eigenvalue weighted by atomic mass is 15.1. The van der Waals surface area contributed by atoms with E-state index < -0.39 is 0 Å². The van der Waals surface area contributed by atoms with E-state index in [4.69, 9.17) is 0 Å². The lowest BCUT2D eigenvalue weighted by atomic mass is 9.79. The minimum atomic E-state index is 0.385. The van der Waals surface area contributed by atoms with Crippen LogP contribution in [0.15, 0.2) is 24.4 Å². The second kappa shape index (κ2) is 7.75. The van der Waals surface area contributed by atoms with Crippen LogP contribution in [-0.4, -0.2) is 35.6 Å². The molecular weight excluding hydrogens is 246 g/mol.